The molecule has 3 aromatic rings. The standard InChI is InChI=1S/C23H20BrClN2O3/c1-15(30-20-13-12-18(25)14-19(20)24)22(28)26-27-23(29)21(16-8-4-2-5-9-16)17-10-6-3-7-11-17/h2-15,21H,1H3,(H,26,28)(H,27,29). The molecule has 0 aliphatic carbocycles. The van der Waals surface area contributed by atoms with Crippen LogP contribution in [0.3, 0.4) is 0 Å². The van der Waals surface area contributed by atoms with Gasteiger partial charge in [-0.05, 0) is 52.2 Å². The van der Waals surface area contributed by atoms with Gasteiger partial charge in [-0.1, -0.05) is 72.3 Å². The van der Waals surface area contributed by atoms with Gasteiger partial charge in [0.2, 0.25) is 5.91 Å². The molecule has 2 amide bonds. The van der Waals surface area contributed by atoms with Gasteiger partial charge in [0.25, 0.3) is 5.91 Å². The van der Waals surface area contributed by atoms with Gasteiger partial charge in [0.1, 0.15) is 5.75 Å². The van der Waals surface area contributed by atoms with Crippen molar-refractivity contribution < 1.29 is 14.3 Å². The van der Waals surface area contributed by atoms with Crippen molar-refractivity contribution in [3.8, 4) is 5.75 Å². The fourth-order valence-electron chi connectivity index (χ4n) is 2.90. The molecule has 0 saturated carbocycles. The Morgan fingerprint density at radius 2 is 1.40 bits per heavy atom. The number of carbonyl (C=O) groups is 2. The molecule has 1 atom stereocenters. The number of benzene rings is 3. The minimum atomic E-state index is -0.838. The molecule has 3 rings (SSSR count). The third kappa shape index (κ3) is 5.62. The average molecular weight is 488 g/mol. The number of hydrogen-bond acceptors (Lipinski definition) is 3. The molecule has 0 aliphatic heterocycles. The van der Waals surface area contributed by atoms with E-state index in [1.807, 2.05) is 60.7 Å². The van der Waals surface area contributed by atoms with E-state index >= 15 is 0 Å². The zero-order valence-corrected chi connectivity index (χ0v) is 18.5. The van der Waals surface area contributed by atoms with Crippen LogP contribution in [-0.4, -0.2) is 17.9 Å². The Hall–Kier alpha value is -2.83. The summed E-state index contributed by atoms with van der Waals surface area (Å²) in [5.41, 5.74) is 6.61. The maximum Gasteiger partial charge on any atom is 0.279 e. The van der Waals surface area contributed by atoms with Gasteiger partial charge in [-0.25, -0.2) is 0 Å². The molecule has 0 radical (unpaired) electrons. The first-order valence-electron chi connectivity index (χ1n) is 9.27. The fourth-order valence-corrected chi connectivity index (χ4v) is 3.67. The van der Waals surface area contributed by atoms with Crippen LogP contribution in [0.25, 0.3) is 0 Å². The summed E-state index contributed by atoms with van der Waals surface area (Å²) in [6, 6.07) is 23.8. The molecule has 3 aromatic carbocycles. The van der Waals surface area contributed by atoms with Gasteiger partial charge < -0.3 is 4.74 Å². The topological polar surface area (TPSA) is 67.4 Å². The Bertz CT molecular complexity index is 976. The third-order valence-corrected chi connectivity index (χ3v) is 5.26. The largest absolute Gasteiger partial charge is 0.480 e. The lowest BCUT2D eigenvalue weighted by Gasteiger charge is -2.20. The summed E-state index contributed by atoms with van der Waals surface area (Å²) in [7, 11) is 0. The van der Waals surface area contributed by atoms with Crippen molar-refractivity contribution in [2.24, 2.45) is 0 Å². The van der Waals surface area contributed by atoms with Gasteiger partial charge in [0.15, 0.2) is 6.10 Å². The van der Waals surface area contributed by atoms with Crippen LogP contribution in [0.5, 0.6) is 5.75 Å². The molecule has 0 fully saturated rings. The van der Waals surface area contributed by atoms with Crippen LogP contribution in [-0.2, 0) is 9.59 Å². The highest BCUT2D eigenvalue weighted by Gasteiger charge is 2.24. The zero-order chi connectivity index (χ0) is 21.5. The van der Waals surface area contributed by atoms with Crippen molar-refractivity contribution in [2.45, 2.75) is 18.9 Å². The smallest absolute Gasteiger partial charge is 0.279 e. The number of hydrogen-bond donors (Lipinski definition) is 2. The number of hydrazine groups is 1. The van der Waals surface area contributed by atoms with E-state index in [4.69, 9.17) is 16.3 Å². The molecular weight excluding hydrogens is 468 g/mol. The summed E-state index contributed by atoms with van der Waals surface area (Å²) in [5, 5.41) is 0.548. The van der Waals surface area contributed by atoms with E-state index < -0.39 is 17.9 Å². The van der Waals surface area contributed by atoms with Gasteiger partial charge in [-0.3, -0.25) is 20.4 Å². The molecule has 0 saturated heterocycles. The molecule has 0 bridgehead atoms. The maximum atomic E-state index is 12.9. The zero-order valence-electron chi connectivity index (χ0n) is 16.1. The molecule has 0 heterocycles. The summed E-state index contributed by atoms with van der Waals surface area (Å²) in [6.45, 7) is 1.59. The first-order valence-corrected chi connectivity index (χ1v) is 10.4. The maximum absolute atomic E-state index is 12.9. The summed E-state index contributed by atoms with van der Waals surface area (Å²) in [4.78, 5) is 25.4. The predicted octanol–water partition coefficient (Wildman–Crippen LogP) is 4.85. The number of carbonyl (C=O) groups excluding carboxylic acids is 2. The lowest BCUT2D eigenvalue weighted by atomic mass is 9.91. The Balaban J connectivity index is 1.66. The quantitative estimate of drug-likeness (QED) is 0.489. The molecule has 0 spiro atoms. The van der Waals surface area contributed by atoms with E-state index in [-0.39, 0.29) is 5.91 Å². The first kappa shape index (κ1) is 21.9. The Kier molecular flexibility index (Phi) is 7.49. The van der Waals surface area contributed by atoms with E-state index in [1.165, 1.54) is 0 Å². The van der Waals surface area contributed by atoms with Crippen molar-refractivity contribution >= 4 is 39.3 Å². The lowest BCUT2D eigenvalue weighted by Crippen LogP contribution is -2.48. The summed E-state index contributed by atoms with van der Waals surface area (Å²) in [6.07, 6.45) is -0.838. The van der Waals surface area contributed by atoms with E-state index in [0.717, 1.165) is 11.1 Å². The van der Waals surface area contributed by atoms with Crippen molar-refractivity contribution in [2.75, 3.05) is 0 Å². The Morgan fingerprint density at radius 3 is 1.93 bits per heavy atom. The van der Waals surface area contributed by atoms with E-state index in [9.17, 15) is 9.59 Å². The summed E-state index contributed by atoms with van der Waals surface area (Å²) in [5.74, 6) is -0.917. The van der Waals surface area contributed by atoms with E-state index in [2.05, 4.69) is 26.8 Å². The van der Waals surface area contributed by atoms with Crippen LogP contribution in [0.2, 0.25) is 5.02 Å². The molecular formula is C23H20BrClN2O3. The second-order valence-corrected chi connectivity index (χ2v) is 7.86. The van der Waals surface area contributed by atoms with Crippen LogP contribution in [0, 0.1) is 0 Å². The predicted molar refractivity (Wildman–Crippen MR) is 120 cm³/mol. The minimum absolute atomic E-state index is 0.347. The van der Waals surface area contributed by atoms with Crippen LogP contribution in [0.1, 0.15) is 24.0 Å². The molecule has 154 valence electrons. The summed E-state index contributed by atoms with van der Waals surface area (Å²) < 4.78 is 6.29. The van der Waals surface area contributed by atoms with Crippen molar-refractivity contribution in [1.29, 1.82) is 0 Å². The Labute approximate surface area is 188 Å². The van der Waals surface area contributed by atoms with E-state index in [1.54, 1.807) is 25.1 Å². The van der Waals surface area contributed by atoms with Gasteiger partial charge in [-0.2, -0.15) is 0 Å². The molecule has 5 nitrogen and oxygen atoms in total. The third-order valence-electron chi connectivity index (χ3n) is 4.40. The van der Waals surface area contributed by atoms with E-state index in [0.29, 0.717) is 15.2 Å². The second kappa shape index (κ2) is 10.3. The van der Waals surface area contributed by atoms with Gasteiger partial charge in [0.05, 0.1) is 10.4 Å². The average Bonchev–Trinajstić information content (AvgIpc) is 2.75. The molecule has 0 aliphatic rings. The van der Waals surface area contributed by atoms with Crippen LogP contribution >= 0.6 is 27.5 Å². The van der Waals surface area contributed by atoms with Crippen molar-refractivity contribution in [3.63, 3.8) is 0 Å². The first-order chi connectivity index (χ1) is 14.5. The van der Waals surface area contributed by atoms with Gasteiger partial charge >= 0.3 is 0 Å². The summed E-state index contributed by atoms with van der Waals surface area (Å²) >= 11 is 9.27. The van der Waals surface area contributed by atoms with Crippen LogP contribution in [0.15, 0.2) is 83.3 Å². The normalized spacial score (nSPS) is 11.6. The van der Waals surface area contributed by atoms with Gasteiger partial charge in [-0.15, -0.1) is 0 Å². The molecule has 1 unspecified atom stereocenters. The number of ether oxygens (including phenoxy) is 1. The molecule has 7 heteroatoms. The van der Waals surface area contributed by atoms with Crippen LogP contribution < -0.4 is 15.6 Å². The second-order valence-electron chi connectivity index (χ2n) is 6.57. The number of halogens is 2. The van der Waals surface area contributed by atoms with Gasteiger partial charge in [0, 0.05) is 5.02 Å². The molecule has 2 N–H and O–H groups in total. The van der Waals surface area contributed by atoms with Crippen molar-refractivity contribution in [1.82, 2.24) is 10.9 Å². The highest BCUT2D eigenvalue weighted by Crippen LogP contribution is 2.29. The SMILES string of the molecule is CC(Oc1ccc(Cl)cc1Br)C(=O)NNC(=O)C(c1ccccc1)c1ccccc1. The minimum Gasteiger partial charge on any atom is -0.480 e. The molecule has 30 heavy (non-hydrogen) atoms. The lowest BCUT2D eigenvalue weighted by molar-refractivity contribution is -0.133. The number of nitrogens with one attached hydrogen (secondary N) is 2. The molecule has 0 aromatic heterocycles. The number of rotatable bonds is 6. The Morgan fingerprint density at radius 1 is 0.867 bits per heavy atom. The monoisotopic (exact) mass is 486 g/mol. The van der Waals surface area contributed by atoms with Crippen molar-refractivity contribution in [3.05, 3.63) is 99.5 Å². The highest BCUT2D eigenvalue weighted by molar-refractivity contribution is 9.10. The fraction of sp³-hybridized carbons (Fsp3) is 0.130. The highest BCUT2D eigenvalue weighted by atomic mass is 79.9. The number of amides is 2. The van der Waals surface area contributed by atoms with Crippen LogP contribution in [0.4, 0.5) is 0 Å².